The molecular weight excluding hydrogens is 198 g/mol. The topological polar surface area (TPSA) is 33.0 Å². The van der Waals surface area contributed by atoms with E-state index >= 15 is 0 Å². The van der Waals surface area contributed by atoms with Crippen LogP contribution < -0.4 is 4.74 Å². The Morgan fingerprint density at radius 1 is 1.31 bits per heavy atom. The molecule has 0 heterocycles. The number of nitrogens with zero attached hydrogens (tertiary/aromatic N) is 1. The van der Waals surface area contributed by atoms with Crippen molar-refractivity contribution >= 4 is 0 Å². The molecule has 0 aliphatic rings. The lowest BCUT2D eigenvalue weighted by Gasteiger charge is -2.24. The zero-order chi connectivity index (χ0) is 12.2. The van der Waals surface area contributed by atoms with E-state index in [9.17, 15) is 0 Å². The summed E-state index contributed by atoms with van der Waals surface area (Å²) in [5.74, 6) is 0.887. The van der Waals surface area contributed by atoms with Gasteiger partial charge in [-0.25, -0.2) is 0 Å². The second-order valence-electron chi connectivity index (χ2n) is 5.04. The lowest BCUT2D eigenvalue weighted by Crippen LogP contribution is -2.17. The van der Waals surface area contributed by atoms with E-state index in [-0.39, 0.29) is 11.5 Å². The lowest BCUT2D eigenvalue weighted by atomic mass is 9.86. The summed E-state index contributed by atoms with van der Waals surface area (Å²) in [5, 5.41) is 8.61. The van der Waals surface area contributed by atoms with E-state index in [1.54, 1.807) is 0 Å². The maximum atomic E-state index is 8.61. The first-order valence-corrected chi connectivity index (χ1v) is 5.58. The Hall–Kier alpha value is -1.49. The molecule has 86 valence electrons. The number of rotatable bonds is 3. The van der Waals surface area contributed by atoms with Crippen LogP contribution in [0, 0.1) is 11.3 Å². The predicted octanol–water partition coefficient (Wildman–Crippen LogP) is 3.67. The van der Waals surface area contributed by atoms with Crippen molar-refractivity contribution < 1.29 is 4.74 Å². The highest BCUT2D eigenvalue weighted by Crippen LogP contribution is 2.31. The summed E-state index contributed by atoms with van der Waals surface area (Å²) in [4.78, 5) is 0. The Morgan fingerprint density at radius 2 is 1.94 bits per heavy atom. The summed E-state index contributed by atoms with van der Waals surface area (Å²) in [6.45, 7) is 8.39. The summed E-state index contributed by atoms with van der Waals surface area (Å²) < 4.78 is 5.79. The van der Waals surface area contributed by atoms with Gasteiger partial charge in [0.2, 0.25) is 0 Å². The van der Waals surface area contributed by atoms with Crippen LogP contribution in [-0.2, 0) is 5.41 Å². The highest BCUT2D eigenvalue weighted by atomic mass is 16.5. The van der Waals surface area contributed by atoms with Gasteiger partial charge < -0.3 is 4.74 Å². The number of ether oxygens (including phenoxy) is 1. The maximum absolute atomic E-state index is 8.61. The van der Waals surface area contributed by atoms with Gasteiger partial charge in [-0.1, -0.05) is 39.0 Å². The molecule has 2 heteroatoms. The van der Waals surface area contributed by atoms with Crippen LogP contribution in [0.25, 0.3) is 0 Å². The fraction of sp³-hybridized carbons (Fsp3) is 0.500. The van der Waals surface area contributed by atoms with Gasteiger partial charge in [0, 0.05) is 0 Å². The molecule has 1 atom stereocenters. The zero-order valence-corrected chi connectivity index (χ0v) is 10.4. The van der Waals surface area contributed by atoms with Crippen molar-refractivity contribution in [2.75, 3.05) is 0 Å². The maximum Gasteiger partial charge on any atom is 0.123 e. The molecule has 1 unspecified atom stereocenters. The van der Waals surface area contributed by atoms with Gasteiger partial charge in [0.15, 0.2) is 0 Å². The van der Waals surface area contributed by atoms with E-state index in [4.69, 9.17) is 10.00 Å². The van der Waals surface area contributed by atoms with E-state index in [0.29, 0.717) is 6.42 Å². The van der Waals surface area contributed by atoms with Crippen molar-refractivity contribution in [1.29, 1.82) is 5.26 Å². The minimum Gasteiger partial charge on any atom is -0.489 e. The van der Waals surface area contributed by atoms with Gasteiger partial charge in [0.25, 0.3) is 0 Å². The molecule has 16 heavy (non-hydrogen) atoms. The van der Waals surface area contributed by atoms with E-state index in [1.807, 2.05) is 25.1 Å². The molecule has 0 aromatic heterocycles. The van der Waals surface area contributed by atoms with Crippen molar-refractivity contribution in [2.24, 2.45) is 0 Å². The molecule has 0 fully saturated rings. The minimum absolute atomic E-state index is 0.0585. The highest BCUT2D eigenvalue weighted by Gasteiger charge is 2.19. The van der Waals surface area contributed by atoms with Gasteiger partial charge >= 0.3 is 0 Å². The van der Waals surface area contributed by atoms with Gasteiger partial charge in [-0.2, -0.15) is 5.26 Å². The van der Waals surface area contributed by atoms with Crippen LogP contribution in [0.1, 0.15) is 39.7 Å². The molecule has 1 aromatic rings. The second-order valence-corrected chi connectivity index (χ2v) is 5.04. The first-order valence-electron chi connectivity index (χ1n) is 5.58. The third-order valence-electron chi connectivity index (χ3n) is 2.40. The van der Waals surface area contributed by atoms with E-state index in [0.717, 1.165) is 5.75 Å². The standard InChI is InChI=1S/C14H19NO/c1-11(9-10-15)16-13-8-6-5-7-12(13)14(2,3)4/h5-8,11H,9H2,1-4H3. The van der Waals surface area contributed by atoms with Crippen LogP contribution >= 0.6 is 0 Å². The van der Waals surface area contributed by atoms with Gasteiger partial charge in [0.1, 0.15) is 11.9 Å². The molecule has 0 N–H and O–H groups in total. The van der Waals surface area contributed by atoms with Crippen molar-refractivity contribution in [3.8, 4) is 11.8 Å². The van der Waals surface area contributed by atoms with Crippen LogP contribution in [0.2, 0.25) is 0 Å². The molecule has 0 radical (unpaired) electrons. The molecule has 0 aliphatic carbocycles. The fourth-order valence-corrected chi connectivity index (χ4v) is 1.58. The molecule has 1 rings (SSSR count). The van der Waals surface area contributed by atoms with Crippen LogP contribution in [0.15, 0.2) is 24.3 Å². The zero-order valence-electron chi connectivity index (χ0n) is 10.4. The molecule has 0 aliphatic heterocycles. The fourth-order valence-electron chi connectivity index (χ4n) is 1.58. The smallest absolute Gasteiger partial charge is 0.123 e. The van der Waals surface area contributed by atoms with Crippen LogP contribution in [0.3, 0.4) is 0 Å². The Morgan fingerprint density at radius 3 is 2.50 bits per heavy atom. The third-order valence-corrected chi connectivity index (χ3v) is 2.40. The van der Waals surface area contributed by atoms with Gasteiger partial charge in [0.05, 0.1) is 12.5 Å². The quantitative estimate of drug-likeness (QED) is 0.774. The number of hydrogen-bond acceptors (Lipinski definition) is 2. The second kappa shape index (κ2) is 5.03. The first kappa shape index (κ1) is 12.6. The van der Waals surface area contributed by atoms with Crippen molar-refractivity contribution in [3.05, 3.63) is 29.8 Å². The van der Waals surface area contributed by atoms with Crippen molar-refractivity contribution in [1.82, 2.24) is 0 Å². The van der Waals surface area contributed by atoms with Crippen LogP contribution in [0.4, 0.5) is 0 Å². The molecule has 0 saturated heterocycles. The van der Waals surface area contributed by atoms with Gasteiger partial charge in [-0.3, -0.25) is 0 Å². The summed E-state index contributed by atoms with van der Waals surface area (Å²) in [6, 6.07) is 10.1. The average Bonchev–Trinajstić information content (AvgIpc) is 2.17. The number of nitriles is 1. The van der Waals surface area contributed by atoms with Crippen LogP contribution in [-0.4, -0.2) is 6.10 Å². The Labute approximate surface area is 97.9 Å². The molecular formula is C14H19NO. The Bertz CT molecular complexity index is 384. The molecule has 1 aromatic carbocycles. The number of hydrogen-bond donors (Lipinski definition) is 0. The highest BCUT2D eigenvalue weighted by molar-refractivity contribution is 5.38. The molecule has 0 amide bonds. The van der Waals surface area contributed by atoms with Crippen molar-refractivity contribution in [3.63, 3.8) is 0 Å². The number of para-hydroxylation sites is 1. The lowest BCUT2D eigenvalue weighted by molar-refractivity contribution is 0.222. The summed E-state index contributed by atoms with van der Waals surface area (Å²) >= 11 is 0. The molecule has 2 nitrogen and oxygen atoms in total. The van der Waals surface area contributed by atoms with E-state index < -0.39 is 0 Å². The molecule has 0 spiro atoms. The van der Waals surface area contributed by atoms with Gasteiger partial charge in [-0.15, -0.1) is 0 Å². The monoisotopic (exact) mass is 217 g/mol. The predicted molar refractivity (Wildman–Crippen MR) is 65.5 cm³/mol. The summed E-state index contributed by atoms with van der Waals surface area (Å²) in [6.07, 6.45) is 0.354. The average molecular weight is 217 g/mol. The Kier molecular flexibility index (Phi) is 3.95. The largest absolute Gasteiger partial charge is 0.489 e. The molecule has 0 bridgehead atoms. The van der Waals surface area contributed by atoms with Crippen molar-refractivity contribution in [2.45, 2.75) is 45.6 Å². The normalized spacial score (nSPS) is 12.9. The van der Waals surface area contributed by atoms with Gasteiger partial charge in [-0.05, 0) is 24.0 Å². The summed E-state index contributed by atoms with van der Waals surface area (Å²) in [5.41, 5.74) is 1.24. The van der Waals surface area contributed by atoms with E-state index in [1.165, 1.54) is 5.56 Å². The number of benzene rings is 1. The first-order chi connectivity index (χ1) is 7.45. The summed E-state index contributed by atoms with van der Waals surface area (Å²) in [7, 11) is 0. The third kappa shape index (κ3) is 3.27. The Balaban J connectivity index is 2.92. The molecule has 0 saturated carbocycles. The SMILES string of the molecule is CC(CC#N)Oc1ccccc1C(C)(C)C. The minimum atomic E-state index is -0.0616. The van der Waals surface area contributed by atoms with Crippen LogP contribution in [0.5, 0.6) is 5.75 Å². The van der Waals surface area contributed by atoms with E-state index in [2.05, 4.69) is 32.9 Å².